The van der Waals surface area contributed by atoms with Crippen LogP contribution in [-0.4, -0.2) is 38.9 Å². The number of phenols is 1. The van der Waals surface area contributed by atoms with Gasteiger partial charge in [0.2, 0.25) is 5.91 Å². The van der Waals surface area contributed by atoms with E-state index >= 15 is 0 Å². The molecule has 0 bridgehead atoms. The molecule has 0 unspecified atom stereocenters. The van der Waals surface area contributed by atoms with E-state index in [0.717, 1.165) is 11.1 Å². The lowest BCUT2D eigenvalue weighted by molar-refractivity contribution is -0.116. The summed E-state index contributed by atoms with van der Waals surface area (Å²) in [4.78, 5) is 11.9. The maximum atomic E-state index is 11.9. The van der Waals surface area contributed by atoms with Crippen LogP contribution in [0.4, 0.5) is 0 Å². The number of benzene rings is 2. The Kier molecular flexibility index (Phi) is 6.91. The summed E-state index contributed by atoms with van der Waals surface area (Å²) in [7, 11) is 4.64. The average Bonchev–Trinajstić information content (AvgIpc) is 2.66. The molecule has 0 saturated carbocycles. The highest BCUT2D eigenvalue weighted by Gasteiger charge is 2.04. The third-order valence-electron chi connectivity index (χ3n) is 3.79. The molecule has 0 heterocycles. The Balaban J connectivity index is 1.86. The van der Waals surface area contributed by atoms with Gasteiger partial charge in [0.25, 0.3) is 0 Å². The summed E-state index contributed by atoms with van der Waals surface area (Å²) >= 11 is 0. The fourth-order valence-electron chi connectivity index (χ4n) is 2.41. The van der Waals surface area contributed by atoms with Gasteiger partial charge in [-0.05, 0) is 47.9 Å². The topological polar surface area (TPSA) is 77.0 Å². The number of rotatable bonds is 8. The summed E-state index contributed by atoms with van der Waals surface area (Å²) < 4.78 is 15.4. The summed E-state index contributed by atoms with van der Waals surface area (Å²) in [6, 6.07) is 10.6. The minimum absolute atomic E-state index is 0.0877. The van der Waals surface area contributed by atoms with Gasteiger partial charge in [-0.3, -0.25) is 4.79 Å². The number of methoxy groups -OCH3 is 3. The van der Waals surface area contributed by atoms with E-state index in [2.05, 4.69) is 5.32 Å². The number of hydrogen-bond acceptors (Lipinski definition) is 5. The lowest BCUT2D eigenvalue weighted by atomic mass is 10.1. The smallest absolute Gasteiger partial charge is 0.244 e. The highest BCUT2D eigenvalue weighted by molar-refractivity contribution is 5.91. The number of nitrogens with one attached hydrogen (secondary N) is 1. The van der Waals surface area contributed by atoms with Crippen molar-refractivity contribution in [1.29, 1.82) is 0 Å². The molecule has 0 saturated heterocycles. The van der Waals surface area contributed by atoms with Crippen molar-refractivity contribution in [2.75, 3.05) is 27.9 Å². The summed E-state index contributed by atoms with van der Waals surface area (Å²) in [5.74, 6) is 1.56. The molecule has 26 heavy (non-hydrogen) atoms. The van der Waals surface area contributed by atoms with Crippen LogP contribution >= 0.6 is 0 Å². The van der Waals surface area contributed by atoms with Gasteiger partial charge in [0.1, 0.15) is 0 Å². The fourth-order valence-corrected chi connectivity index (χ4v) is 2.41. The van der Waals surface area contributed by atoms with Crippen LogP contribution in [0, 0.1) is 0 Å². The Morgan fingerprint density at radius 1 is 1.00 bits per heavy atom. The average molecular weight is 357 g/mol. The number of hydrogen-bond donors (Lipinski definition) is 2. The second kappa shape index (κ2) is 9.36. The highest BCUT2D eigenvalue weighted by Crippen LogP contribution is 2.28. The number of phenolic OH excluding ortho intramolecular Hbond substituents is 1. The Morgan fingerprint density at radius 2 is 1.69 bits per heavy atom. The van der Waals surface area contributed by atoms with Gasteiger partial charge in [0.15, 0.2) is 23.0 Å². The summed E-state index contributed by atoms with van der Waals surface area (Å²) in [5.41, 5.74) is 1.74. The van der Waals surface area contributed by atoms with Gasteiger partial charge in [0.05, 0.1) is 21.3 Å². The Morgan fingerprint density at radius 3 is 2.35 bits per heavy atom. The van der Waals surface area contributed by atoms with E-state index in [4.69, 9.17) is 14.2 Å². The van der Waals surface area contributed by atoms with Crippen molar-refractivity contribution in [3.63, 3.8) is 0 Å². The maximum absolute atomic E-state index is 11.9. The van der Waals surface area contributed by atoms with Crippen molar-refractivity contribution in [2.24, 2.45) is 0 Å². The Hall–Kier alpha value is -3.15. The van der Waals surface area contributed by atoms with Gasteiger partial charge in [-0.25, -0.2) is 0 Å². The van der Waals surface area contributed by atoms with E-state index in [9.17, 15) is 9.90 Å². The first-order chi connectivity index (χ1) is 12.6. The molecule has 138 valence electrons. The van der Waals surface area contributed by atoms with E-state index in [0.29, 0.717) is 30.2 Å². The molecule has 0 aromatic heterocycles. The molecule has 2 rings (SSSR count). The second-order valence-electron chi connectivity index (χ2n) is 5.49. The number of carbonyl (C=O) groups excluding carboxylic acids is 1. The number of carbonyl (C=O) groups is 1. The first-order valence-electron chi connectivity index (χ1n) is 8.11. The van der Waals surface area contributed by atoms with E-state index in [1.165, 1.54) is 13.2 Å². The van der Waals surface area contributed by atoms with Gasteiger partial charge >= 0.3 is 0 Å². The quantitative estimate of drug-likeness (QED) is 0.711. The van der Waals surface area contributed by atoms with Crippen LogP contribution in [0.3, 0.4) is 0 Å². The van der Waals surface area contributed by atoms with Gasteiger partial charge in [-0.1, -0.05) is 12.1 Å². The molecule has 0 aliphatic carbocycles. The lowest BCUT2D eigenvalue weighted by Crippen LogP contribution is -2.23. The Labute approximate surface area is 153 Å². The third-order valence-corrected chi connectivity index (χ3v) is 3.79. The van der Waals surface area contributed by atoms with Crippen molar-refractivity contribution in [1.82, 2.24) is 5.32 Å². The maximum Gasteiger partial charge on any atom is 0.244 e. The molecule has 2 aromatic rings. The van der Waals surface area contributed by atoms with Crippen molar-refractivity contribution < 1.29 is 24.1 Å². The van der Waals surface area contributed by atoms with Crippen molar-refractivity contribution in [2.45, 2.75) is 6.42 Å². The molecule has 0 radical (unpaired) electrons. The molecule has 0 spiro atoms. The van der Waals surface area contributed by atoms with Crippen molar-refractivity contribution >= 4 is 12.0 Å². The second-order valence-corrected chi connectivity index (χ2v) is 5.49. The molecule has 0 aliphatic rings. The minimum atomic E-state index is -0.197. The van der Waals surface area contributed by atoms with Gasteiger partial charge in [-0.15, -0.1) is 0 Å². The summed E-state index contributed by atoms with van der Waals surface area (Å²) in [5, 5.41) is 12.6. The molecule has 6 nitrogen and oxygen atoms in total. The van der Waals surface area contributed by atoms with Crippen molar-refractivity contribution in [3.05, 3.63) is 53.6 Å². The largest absolute Gasteiger partial charge is 0.504 e. The van der Waals surface area contributed by atoms with Gasteiger partial charge < -0.3 is 24.6 Å². The standard InChI is InChI=1S/C20H23NO5/c1-24-17-7-4-15(12-16(17)22)10-11-21-20(23)9-6-14-5-8-18(25-2)19(13-14)26-3/h4-9,12-13,22H,10-11H2,1-3H3,(H,21,23)/b9-6+. The van der Waals surface area contributed by atoms with Gasteiger partial charge in [-0.2, -0.15) is 0 Å². The zero-order valence-corrected chi connectivity index (χ0v) is 15.1. The zero-order chi connectivity index (χ0) is 18.9. The van der Waals surface area contributed by atoms with E-state index in [-0.39, 0.29) is 11.7 Å². The van der Waals surface area contributed by atoms with Crippen LogP contribution in [0.2, 0.25) is 0 Å². The summed E-state index contributed by atoms with van der Waals surface area (Å²) in [6.07, 6.45) is 3.77. The minimum Gasteiger partial charge on any atom is -0.504 e. The van der Waals surface area contributed by atoms with Gasteiger partial charge in [0, 0.05) is 12.6 Å². The SMILES string of the molecule is COc1ccc(CCNC(=O)/C=C/c2ccc(OC)c(OC)c2)cc1O. The van der Waals surface area contributed by atoms with Crippen LogP contribution in [-0.2, 0) is 11.2 Å². The molecule has 2 N–H and O–H groups in total. The fraction of sp³-hybridized carbons (Fsp3) is 0.250. The molecule has 0 atom stereocenters. The lowest BCUT2D eigenvalue weighted by Gasteiger charge is -2.08. The van der Waals surface area contributed by atoms with Crippen molar-refractivity contribution in [3.8, 4) is 23.0 Å². The van der Waals surface area contributed by atoms with Crippen LogP contribution in [0.1, 0.15) is 11.1 Å². The van der Waals surface area contributed by atoms with Crippen LogP contribution in [0.25, 0.3) is 6.08 Å². The van der Waals surface area contributed by atoms with E-state index in [1.807, 2.05) is 12.1 Å². The molecule has 1 amide bonds. The monoisotopic (exact) mass is 357 g/mol. The number of amides is 1. The van der Waals surface area contributed by atoms with Crippen LogP contribution in [0.5, 0.6) is 23.0 Å². The molecular formula is C20H23NO5. The molecule has 6 heteroatoms. The summed E-state index contributed by atoms with van der Waals surface area (Å²) in [6.45, 7) is 0.459. The zero-order valence-electron chi connectivity index (χ0n) is 15.1. The Bertz CT molecular complexity index is 786. The van der Waals surface area contributed by atoms with Crippen LogP contribution in [0.15, 0.2) is 42.5 Å². The number of ether oxygens (including phenoxy) is 3. The first kappa shape index (κ1) is 19.2. The van der Waals surface area contributed by atoms with E-state index in [1.54, 1.807) is 44.6 Å². The van der Waals surface area contributed by atoms with E-state index < -0.39 is 0 Å². The van der Waals surface area contributed by atoms with Crippen LogP contribution < -0.4 is 19.5 Å². The molecule has 0 aliphatic heterocycles. The first-order valence-corrected chi connectivity index (χ1v) is 8.11. The number of aromatic hydroxyl groups is 1. The predicted octanol–water partition coefficient (Wildman–Crippen LogP) is 2.79. The molecule has 2 aromatic carbocycles. The normalized spacial score (nSPS) is 10.6. The predicted molar refractivity (Wildman–Crippen MR) is 100.0 cm³/mol. The molecule has 0 fully saturated rings. The highest BCUT2D eigenvalue weighted by atomic mass is 16.5. The third kappa shape index (κ3) is 5.17. The molecular weight excluding hydrogens is 334 g/mol.